The normalized spacial score (nSPS) is 32.1. The van der Waals surface area contributed by atoms with E-state index in [1.54, 1.807) is 0 Å². The molecule has 1 aliphatic carbocycles. The number of nitrogens with one attached hydrogen (secondary N) is 2. The van der Waals surface area contributed by atoms with Crippen molar-refractivity contribution in [2.24, 2.45) is 11.8 Å². The van der Waals surface area contributed by atoms with Crippen LogP contribution in [-0.4, -0.2) is 24.5 Å². The fraction of sp³-hybridized carbons (Fsp3) is 0.923. The van der Waals surface area contributed by atoms with Crippen LogP contribution < -0.4 is 10.6 Å². The molecule has 0 aromatic rings. The maximum Gasteiger partial charge on any atom is 0.236 e. The summed E-state index contributed by atoms with van der Waals surface area (Å²) >= 11 is 0. The standard InChI is InChI=1S/C13H26N2O/c1-5-14-13(16)11(4)15-12-7-6-9(2)10(3)8-12/h9-12,15H,5-8H2,1-4H3,(H,14,16). The molecule has 16 heavy (non-hydrogen) atoms. The Morgan fingerprint density at radius 1 is 1.31 bits per heavy atom. The molecule has 1 aliphatic rings. The van der Waals surface area contributed by atoms with Crippen LogP contribution in [0.4, 0.5) is 0 Å². The van der Waals surface area contributed by atoms with E-state index >= 15 is 0 Å². The zero-order chi connectivity index (χ0) is 12.1. The summed E-state index contributed by atoms with van der Waals surface area (Å²) in [4.78, 5) is 11.6. The summed E-state index contributed by atoms with van der Waals surface area (Å²) in [5, 5.41) is 6.30. The van der Waals surface area contributed by atoms with Crippen molar-refractivity contribution in [3.63, 3.8) is 0 Å². The lowest BCUT2D eigenvalue weighted by Crippen LogP contribution is -2.48. The predicted octanol–water partition coefficient (Wildman–Crippen LogP) is 1.93. The molecule has 0 heterocycles. The molecule has 1 fully saturated rings. The van der Waals surface area contributed by atoms with Crippen molar-refractivity contribution in [1.82, 2.24) is 10.6 Å². The van der Waals surface area contributed by atoms with E-state index < -0.39 is 0 Å². The maximum absolute atomic E-state index is 11.6. The fourth-order valence-corrected chi connectivity index (χ4v) is 2.46. The van der Waals surface area contributed by atoms with Gasteiger partial charge in [0.1, 0.15) is 0 Å². The van der Waals surface area contributed by atoms with Crippen LogP contribution in [0.5, 0.6) is 0 Å². The van der Waals surface area contributed by atoms with E-state index in [2.05, 4.69) is 24.5 Å². The second kappa shape index (κ2) is 6.24. The van der Waals surface area contributed by atoms with Gasteiger partial charge < -0.3 is 10.6 Å². The SMILES string of the molecule is CCNC(=O)C(C)NC1CCC(C)C(C)C1. The lowest BCUT2D eigenvalue weighted by atomic mass is 9.79. The Bertz CT molecular complexity index is 230. The zero-order valence-electron chi connectivity index (χ0n) is 11.0. The molecule has 3 nitrogen and oxygen atoms in total. The summed E-state index contributed by atoms with van der Waals surface area (Å²) in [6, 6.07) is 0.453. The highest BCUT2D eigenvalue weighted by Gasteiger charge is 2.26. The van der Waals surface area contributed by atoms with Gasteiger partial charge in [-0.05, 0) is 44.9 Å². The van der Waals surface area contributed by atoms with E-state index in [1.807, 2.05) is 13.8 Å². The molecule has 4 unspecified atom stereocenters. The van der Waals surface area contributed by atoms with Gasteiger partial charge in [0.05, 0.1) is 6.04 Å². The first-order valence-corrected chi connectivity index (χ1v) is 6.58. The Hall–Kier alpha value is -0.570. The summed E-state index contributed by atoms with van der Waals surface area (Å²) in [6.07, 6.45) is 3.68. The molecular formula is C13H26N2O. The van der Waals surface area contributed by atoms with Crippen LogP contribution >= 0.6 is 0 Å². The molecule has 0 spiro atoms. The lowest BCUT2D eigenvalue weighted by molar-refractivity contribution is -0.122. The number of hydrogen-bond donors (Lipinski definition) is 2. The van der Waals surface area contributed by atoms with E-state index in [1.165, 1.54) is 19.3 Å². The van der Waals surface area contributed by atoms with E-state index in [-0.39, 0.29) is 11.9 Å². The van der Waals surface area contributed by atoms with Crippen molar-refractivity contribution in [3.05, 3.63) is 0 Å². The first-order valence-electron chi connectivity index (χ1n) is 6.58. The molecule has 0 saturated heterocycles. The minimum absolute atomic E-state index is 0.0643. The maximum atomic E-state index is 11.6. The number of likely N-dealkylation sites (N-methyl/N-ethyl adjacent to an activating group) is 1. The van der Waals surface area contributed by atoms with Gasteiger partial charge in [0.25, 0.3) is 0 Å². The topological polar surface area (TPSA) is 41.1 Å². The van der Waals surface area contributed by atoms with Gasteiger partial charge in [-0.15, -0.1) is 0 Å². The van der Waals surface area contributed by atoms with Gasteiger partial charge in [0, 0.05) is 12.6 Å². The van der Waals surface area contributed by atoms with Crippen molar-refractivity contribution in [1.29, 1.82) is 0 Å². The summed E-state index contributed by atoms with van der Waals surface area (Å²) in [5.74, 6) is 1.72. The molecular weight excluding hydrogens is 200 g/mol. The Morgan fingerprint density at radius 3 is 2.56 bits per heavy atom. The Balaban J connectivity index is 2.34. The molecule has 2 N–H and O–H groups in total. The average molecular weight is 226 g/mol. The van der Waals surface area contributed by atoms with E-state index in [4.69, 9.17) is 0 Å². The molecule has 3 heteroatoms. The molecule has 0 aromatic heterocycles. The second-order valence-corrected chi connectivity index (χ2v) is 5.25. The lowest BCUT2D eigenvalue weighted by Gasteiger charge is -2.34. The van der Waals surface area contributed by atoms with Crippen molar-refractivity contribution in [2.75, 3.05) is 6.54 Å². The van der Waals surface area contributed by atoms with Gasteiger partial charge in [0.15, 0.2) is 0 Å². The first-order chi connectivity index (χ1) is 7.54. The third-order valence-electron chi connectivity index (χ3n) is 3.83. The van der Waals surface area contributed by atoms with Gasteiger partial charge in [-0.3, -0.25) is 4.79 Å². The molecule has 94 valence electrons. The Labute approximate surface area is 99.4 Å². The van der Waals surface area contributed by atoms with E-state index in [0.717, 1.165) is 11.8 Å². The molecule has 0 aliphatic heterocycles. The fourth-order valence-electron chi connectivity index (χ4n) is 2.46. The highest BCUT2D eigenvalue weighted by atomic mass is 16.2. The Morgan fingerprint density at radius 2 is 2.00 bits per heavy atom. The molecule has 0 radical (unpaired) electrons. The summed E-state index contributed by atoms with van der Waals surface area (Å²) < 4.78 is 0. The third kappa shape index (κ3) is 3.78. The zero-order valence-corrected chi connectivity index (χ0v) is 11.0. The van der Waals surface area contributed by atoms with Gasteiger partial charge >= 0.3 is 0 Å². The highest BCUT2D eigenvalue weighted by Crippen LogP contribution is 2.29. The van der Waals surface area contributed by atoms with Crippen molar-refractivity contribution >= 4 is 5.91 Å². The van der Waals surface area contributed by atoms with Crippen molar-refractivity contribution in [2.45, 2.75) is 59.0 Å². The largest absolute Gasteiger partial charge is 0.355 e. The highest BCUT2D eigenvalue weighted by molar-refractivity contribution is 5.81. The van der Waals surface area contributed by atoms with Crippen LogP contribution in [0, 0.1) is 11.8 Å². The van der Waals surface area contributed by atoms with Gasteiger partial charge in [-0.1, -0.05) is 13.8 Å². The number of carbonyl (C=O) groups is 1. The second-order valence-electron chi connectivity index (χ2n) is 5.25. The van der Waals surface area contributed by atoms with Crippen molar-refractivity contribution < 1.29 is 4.79 Å². The number of carbonyl (C=O) groups excluding carboxylic acids is 1. The van der Waals surface area contributed by atoms with E-state index in [0.29, 0.717) is 12.6 Å². The number of rotatable bonds is 4. The van der Waals surface area contributed by atoms with E-state index in [9.17, 15) is 4.79 Å². The minimum atomic E-state index is -0.0643. The quantitative estimate of drug-likeness (QED) is 0.769. The van der Waals surface area contributed by atoms with Crippen LogP contribution in [0.1, 0.15) is 47.0 Å². The van der Waals surface area contributed by atoms with Gasteiger partial charge in [0.2, 0.25) is 5.91 Å². The van der Waals surface area contributed by atoms with Gasteiger partial charge in [-0.2, -0.15) is 0 Å². The molecule has 4 atom stereocenters. The summed E-state index contributed by atoms with van der Waals surface area (Å²) in [6.45, 7) is 9.26. The first kappa shape index (κ1) is 13.5. The molecule has 1 amide bonds. The third-order valence-corrected chi connectivity index (χ3v) is 3.83. The molecule has 1 rings (SSSR count). The molecule has 1 saturated carbocycles. The number of hydrogen-bond acceptors (Lipinski definition) is 2. The predicted molar refractivity (Wildman–Crippen MR) is 67.2 cm³/mol. The average Bonchev–Trinajstić information content (AvgIpc) is 2.24. The van der Waals surface area contributed by atoms with Crippen LogP contribution in [-0.2, 0) is 4.79 Å². The van der Waals surface area contributed by atoms with Crippen LogP contribution in [0.15, 0.2) is 0 Å². The van der Waals surface area contributed by atoms with Crippen LogP contribution in [0.25, 0.3) is 0 Å². The smallest absolute Gasteiger partial charge is 0.236 e. The Kier molecular flexibility index (Phi) is 5.26. The number of amides is 1. The monoisotopic (exact) mass is 226 g/mol. The van der Waals surface area contributed by atoms with Crippen molar-refractivity contribution in [3.8, 4) is 0 Å². The van der Waals surface area contributed by atoms with Gasteiger partial charge in [-0.25, -0.2) is 0 Å². The summed E-state index contributed by atoms with van der Waals surface area (Å²) in [5.41, 5.74) is 0. The van der Waals surface area contributed by atoms with Crippen LogP contribution in [0.3, 0.4) is 0 Å². The molecule has 0 aromatic carbocycles. The minimum Gasteiger partial charge on any atom is -0.355 e. The molecule has 0 bridgehead atoms. The summed E-state index contributed by atoms with van der Waals surface area (Å²) in [7, 11) is 0. The van der Waals surface area contributed by atoms with Crippen LogP contribution in [0.2, 0.25) is 0 Å².